The molecule has 1 aliphatic heterocycles. The van der Waals surface area contributed by atoms with Crippen LogP contribution in [-0.2, 0) is 19.1 Å². The highest BCUT2D eigenvalue weighted by atomic mass is 32.1. The molecule has 0 bridgehead atoms. The fourth-order valence-electron chi connectivity index (χ4n) is 8.75. The van der Waals surface area contributed by atoms with E-state index in [9.17, 15) is 14.7 Å². The summed E-state index contributed by atoms with van der Waals surface area (Å²) in [7, 11) is 1.41. The molecule has 6 aliphatic rings. The Morgan fingerprint density at radius 2 is 1.85 bits per heavy atom. The Balaban J connectivity index is 0.00000116. The number of epoxide rings is 1. The normalized spacial score (nSPS) is 47.9. The number of hydrogen-bond acceptors (Lipinski definition) is 5. The lowest BCUT2D eigenvalue weighted by molar-refractivity contribution is -0.147. The number of carbonyl (C=O) groups excluding carboxylic acids is 2. The number of methoxy groups -OCH3 is 1. The van der Waals surface area contributed by atoms with Crippen LogP contribution in [0.15, 0.2) is 11.6 Å². The van der Waals surface area contributed by atoms with Crippen molar-refractivity contribution in [1.29, 1.82) is 0 Å². The summed E-state index contributed by atoms with van der Waals surface area (Å²) in [5, 5.41) is 11.7. The topological polar surface area (TPSA) is 76.1 Å². The van der Waals surface area contributed by atoms with Gasteiger partial charge in [-0.15, -0.1) is 0 Å². The zero-order valence-electron chi connectivity index (χ0n) is 20.2. The first kappa shape index (κ1) is 32.6. The highest BCUT2D eigenvalue weighted by molar-refractivity contribution is 7.60. The maximum atomic E-state index is 12.2. The van der Waals surface area contributed by atoms with Gasteiger partial charge in [0.25, 0.3) is 0 Å². The van der Waals surface area contributed by atoms with E-state index < -0.39 is 5.60 Å². The minimum Gasteiger partial charge on any atom is -0.469 e. The summed E-state index contributed by atoms with van der Waals surface area (Å²) in [6.07, 6.45) is 8.22. The minimum atomic E-state index is -0.825. The van der Waals surface area contributed by atoms with Gasteiger partial charge < -0.3 is 14.6 Å². The van der Waals surface area contributed by atoms with Gasteiger partial charge in [-0.3, -0.25) is 9.59 Å². The van der Waals surface area contributed by atoms with Crippen molar-refractivity contribution in [2.45, 2.75) is 82.5 Å². The maximum Gasteiger partial charge on any atom is 0.305 e. The average molecular weight is 571 g/mol. The van der Waals surface area contributed by atoms with Crippen LogP contribution < -0.4 is 0 Å². The predicted molar refractivity (Wildman–Crippen MR) is 157 cm³/mol. The fraction of sp³-hybridized carbons (Fsp3) is 0.833. The molecule has 1 saturated heterocycles. The third-order valence-corrected chi connectivity index (χ3v) is 10.4. The molecule has 10 heteroatoms. The van der Waals surface area contributed by atoms with Gasteiger partial charge in [0.05, 0.1) is 18.8 Å². The Hall–Kier alpha value is 0.550. The van der Waals surface area contributed by atoms with E-state index >= 15 is 0 Å². The van der Waals surface area contributed by atoms with Gasteiger partial charge in [0.1, 0.15) is 5.60 Å². The van der Waals surface area contributed by atoms with E-state index in [1.807, 2.05) is 6.08 Å². The fourth-order valence-corrected chi connectivity index (χ4v) is 8.75. The summed E-state index contributed by atoms with van der Waals surface area (Å²) < 4.78 is 11.5. The largest absolute Gasteiger partial charge is 0.469 e. The van der Waals surface area contributed by atoms with Crippen molar-refractivity contribution in [2.24, 2.45) is 34.5 Å². The van der Waals surface area contributed by atoms with Gasteiger partial charge in [-0.2, -0.15) is 67.5 Å². The molecule has 1 spiro atoms. The van der Waals surface area contributed by atoms with Crippen LogP contribution in [0.25, 0.3) is 0 Å². The minimum absolute atomic E-state index is 0. The molecule has 0 radical (unpaired) electrons. The molecule has 5 aliphatic carbocycles. The smallest absolute Gasteiger partial charge is 0.305 e. The summed E-state index contributed by atoms with van der Waals surface area (Å²) in [6, 6.07) is 0. The zero-order valence-corrected chi connectivity index (χ0v) is 25.2. The molecular weight excluding hydrogens is 529 g/mol. The number of ketones is 1. The van der Waals surface area contributed by atoms with Gasteiger partial charge in [-0.25, -0.2) is 0 Å². The van der Waals surface area contributed by atoms with Crippen molar-refractivity contribution in [3.63, 3.8) is 0 Å². The molecule has 1 heterocycles. The molecule has 9 atom stereocenters. The molecule has 4 saturated carbocycles. The second kappa shape index (κ2) is 10.0. The van der Waals surface area contributed by atoms with Crippen LogP contribution in [0, 0.1) is 34.5 Å². The Labute approximate surface area is 238 Å². The van der Waals surface area contributed by atoms with Gasteiger partial charge in [0, 0.05) is 23.7 Å². The van der Waals surface area contributed by atoms with Crippen molar-refractivity contribution in [1.82, 2.24) is 0 Å². The molecule has 0 aromatic rings. The van der Waals surface area contributed by atoms with Gasteiger partial charge in [-0.1, -0.05) is 19.4 Å². The van der Waals surface area contributed by atoms with E-state index in [1.54, 1.807) is 0 Å². The van der Waals surface area contributed by atoms with Gasteiger partial charge in [-0.05, 0) is 68.3 Å². The quantitative estimate of drug-likeness (QED) is 0.413. The van der Waals surface area contributed by atoms with Crippen molar-refractivity contribution in [3.05, 3.63) is 11.6 Å². The first-order valence-electron chi connectivity index (χ1n) is 11.4. The van der Waals surface area contributed by atoms with E-state index in [0.717, 1.165) is 25.7 Å². The van der Waals surface area contributed by atoms with E-state index in [0.29, 0.717) is 36.5 Å². The Morgan fingerprint density at radius 1 is 1.18 bits per heavy atom. The number of esters is 1. The number of hydrogen-bond donors (Lipinski definition) is 1. The molecule has 198 valence electrons. The highest BCUT2D eigenvalue weighted by Gasteiger charge is 2.84. The second-order valence-electron chi connectivity index (χ2n) is 11.2. The number of fused-ring (bicyclic) bond motifs is 6. The second-order valence-corrected chi connectivity index (χ2v) is 11.2. The maximum absolute atomic E-state index is 12.2. The third-order valence-electron chi connectivity index (χ3n) is 10.4. The average Bonchev–Trinajstić information content (AvgIpc) is 3.58. The molecule has 2 unspecified atom stereocenters. The van der Waals surface area contributed by atoms with Crippen molar-refractivity contribution in [3.8, 4) is 0 Å². The Morgan fingerprint density at radius 3 is 2.50 bits per heavy atom. The van der Waals surface area contributed by atoms with E-state index in [4.69, 9.17) is 9.47 Å². The van der Waals surface area contributed by atoms with Crippen LogP contribution in [0.1, 0.15) is 65.2 Å². The Bertz CT molecular complexity index is 869. The number of rotatable bonds is 3. The number of aliphatic hydroxyl groups is 1. The van der Waals surface area contributed by atoms with E-state index in [-0.39, 0.29) is 108 Å². The monoisotopic (exact) mass is 570 g/mol. The van der Waals surface area contributed by atoms with Crippen LogP contribution in [-0.4, -0.2) is 41.3 Å². The molecule has 5 nitrogen and oxygen atoms in total. The van der Waals surface area contributed by atoms with Crippen LogP contribution in [0.4, 0.5) is 0 Å². The molecular formula is C24H42O5S5. The zero-order chi connectivity index (χ0) is 20.4. The Kier molecular flexibility index (Phi) is 9.60. The summed E-state index contributed by atoms with van der Waals surface area (Å²) in [5.74, 6) is 2.07. The lowest BCUT2D eigenvalue weighted by Crippen LogP contribution is -2.60. The number of carbonyl (C=O) groups is 2. The van der Waals surface area contributed by atoms with Crippen molar-refractivity contribution in [2.75, 3.05) is 7.11 Å². The van der Waals surface area contributed by atoms with E-state index in [2.05, 4.69) is 13.8 Å². The first-order chi connectivity index (χ1) is 13.7. The van der Waals surface area contributed by atoms with Crippen LogP contribution >= 0.6 is 67.5 Å². The first-order valence-corrected chi connectivity index (χ1v) is 11.4. The predicted octanol–water partition coefficient (Wildman–Crippen LogP) is 3.75. The van der Waals surface area contributed by atoms with Gasteiger partial charge in [0.15, 0.2) is 5.78 Å². The molecule has 5 fully saturated rings. The summed E-state index contributed by atoms with van der Waals surface area (Å²) >= 11 is 0. The van der Waals surface area contributed by atoms with Gasteiger partial charge in [0.2, 0.25) is 0 Å². The van der Waals surface area contributed by atoms with Crippen molar-refractivity contribution < 1.29 is 24.2 Å². The SMILES string of the molecule is COC(=O)CC[C@]1(O)CC[C@H]2[C@@H]3[C@H]4C[C@H]4C4=CC(=O)CC[C@]4(C)C34OC4C[C@@]21C.S.S.S.S.S. The lowest BCUT2D eigenvalue weighted by atomic mass is 9.46. The standard InChI is InChI=1S/C24H32O5.5H2S/c1-21-7-4-13(25)10-17(21)14-11-15(14)20-16-5-8-23(27,9-6-19(26)28-3)22(16,2)12-18-24(20,21)29-18;;;;;/h10,14-16,18,20,27H,4-9,11-12H2,1-3H3;5*1H2/t14-,15+,16+,18?,20+,21+,22+,23-,24?;;;;;/m1...../s1. The molecule has 34 heavy (non-hydrogen) atoms. The summed E-state index contributed by atoms with van der Waals surface area (Å²) in [6.45, 7) is 4.61. The third kappa shape index (κ3) is 3.78. The van der Waals surface area contributed by atoms with Crippen LogP contribution in [0.2, 0.25) is 0 Å². The molecule has 6 rings (SSSR count). The van der Waals surface area contributed by atoms with Crippen LogP contribution in [0.3, 0.4) is 0 Å². The molecule has 0 amide bonds. The molecule has 0 aromatic carbocycles. The summed E-state index contributed by atoms with van der Waals surface area (Å²) in [5.41, 5.74) is 0.177. The summed E-state index contributed by atoms with van der Waals surface area (Å²) in [4.78, 5) is 24.0. The molecule has 1 N–H and O–H groups in total. The highest BCUT2D eigenvalue weighted by Crippen LogP contribution is 2.82. The molecule has 0 aromatic heterocycles. The van der Waals surface area contributed by atoms with Gasteiger partial charge >= 0.3 is 5.97 Å². The number of ether oxygens (including phenoxy) is 2. The van der Waals surface area contributed by atoms with E-state index in [1.165, 1.54) is 19.1 Å². The van der Waals surface area contributed by atoms with Crippen LogP contribution in [0.5, 0.6) is 0 Å². The van der Waals surface area contributed by atoms with Crippen molar-refractivity contribution >= 4 is 79.2 Å². The lowest BCUT2D eigenvalue weighted by Gasteiger charge is -2.56.